The smallest absolute Gasteiger partial charge is 0.255 e. The maximum absolute atomic E-state index is 12.0. The van der Waals surface area contributed by atoms with Crippen molar-refractivity contribution in [2.75, 3.05) is 5.32 Å². The molecule has 1 aromatic heterocycles. The minimum atomic E-state index is -0.232. The van der Waals surface area contributed by atoms with Crippen molar-refractivity contribution >= 4 is 34.8 Å². The van der Waals surface area contributed by atoms with Crippen LogP contribution in [0.25, 0.3) is 0 Å². The molecule has 0 spiro atoms. The molecule has 2 rings (SSSR count). The largest absolute Gasteiger partial charge is 0.322 e. The zero-order chi connectivity index (χ0) is 13.1. The van der Waals surface area contributed by atoms with Gasteiger partial charge in [-0.1, -0.05) is 23.2 Å². The zero-order valence-corrected chi connectivity index (χ0v) is 11.1. The number of aromatic nitrogens is 1. The van der Waals surface area contributed by atoms with Gasteiger partial charge in [0.1, 0.15) is 5.15 Å². The summed E-state index contributed by atoms with van der Waals surface area (Å²) in [5.41, 5.74) is 2.08. The van der Waals surface area contributed by atoms with Crippen LogP contribution < -0.4 is 5.32 Å². The fourth-order valence-corrected chi connectivity index (χ4v) is 1.91. The first kappa shape index (κ1) is 12.9. The number of nitrogens with zero attached hydrogens (tertiary/aromatic N) is 1. The lowest BCUT2D eigenvalue weighted by Crippen LogP contribution is -2.12. The molecule has 1 heterocycles. The van der Waals surface area contributed by atoms with Crippen LogP contribution >= 0.6 is 23.2 Å². The van der Waals surface area contributed by atoms with Crippen molar-refractivity contribution in [1.29, 1.82) is 0 Å². The molecule has 0 bridgehead atoms. The molecule has 0 radical (unpaired) electrons. The van der Waals surface area contributed by atoms with Gasteiger partial charge in [-0.15, -0.1) is 0 Å². The molecule has 0 fully saturated rings. The Balaban J connectivity index is 2.21. The Kier molecular flexibility index (Phi) is 3.84. The summed E-state index contributed by atoms with van der Waals surface area (Å²) in [6, 6.07) is 8.40. The van der Waals surface area contributed by atoms with E-state index in [4.69, 9.17) is 23.2 Å². The maximum Gasteiger partial charge on any atom is 0.255 e. The second-order valence-corrected chi connectivity index (χ2v) is 4.60. The van der Waals surface area contributed by atoms with Crippen molar-refractivity contribution in [2.45, 2.75) is 6.92 Å². The zero-order valence-electron chi connectivity index (χ0n) is 9.58. The van der Waals surface area contributed by atoms with Gasteiger partial charge in [0.15, 0.2) is 0 Å². The number of benzene rings is 1. The predicted octanol–water partition coefficient (Wildman–Crippen LogP) is 3.95. The molecular formula is C13H10Cl2N2O. The Hall–Kier alpha value is -1.58. The normalized spacial score (nSPS) is 10.2. The van der Waals surface area contributed by atoms with E-state index in [-0.39, 0.29) is 11.1 Å². The van der Waals surface area contributed by atoms with Crippen LogP contribution in [0.15, 0.2) is 36.5 Å². The van der Waals surface area contributed by atoms with Gasteiger partial charge in [0.2, 0.25) is 0 Å². The number of anilines is 1. The third-order valence-corrected chi connectivity index (χ3v) is 2.87. The van der Waals surface area contributed by atoms with Gasteiger partial charge >= 0.3 is 0 Å². The predicted molar refractivity (Wildman–Crippen MR) is 73.4 cm³/mol. The van der Waals surface area contributed by atoms with Gasteiger partial charge in [-0.05, 0) is 42.8 Å². The van der Waals surface area contributed by atoms with Gasteiger partial charge in [-0.25, -0.2) is 4.98 Å². The molecule has 5 heteroatoms. The summed E-state index contributed by atoms with van der Waals surface area (Å²) < 4.78 is 0. The SMILES string of the molecule is Cc1cc(Cl)ccc1NC(=O)c1ccnc(Cl)c1. The van der Waals surface area contributed by atoms with E-state index in [1.807, 2.05) is 6.92 Å². The summed E-state index contributed by atoms with van der Waals surface area (Å²) in [6.07, 6.45) is 1.49. The first-order valence-electron chi connectivity index (χ1n) is 5.25. The number of carbonyl (C=O) groups excluding carboxylic acids is 1. The minimum absolute atomic E-state index is 0.232. The molecule has 3 nitrogen and oxygen atoms in total. The maximum atomic E-state index is 12.0. The van der Waals surface area contributed by atoms with Crippen molar-refractivity contribution in [3.8, 4) is 0 Å². The summed E-state index contributed by atoms with van der Waals surface area (Å²) in [7, 11) is 0. The number of aryl methyl sites for hydroxylation is 1. The number of hydrogen-bond acceptors (Lipinski definition) is 2. The number of pyridine rings is 1. The van der Waals surface area contributed by atoms with Crippen LogP contribution in [0.2, 0.25) is 10.2 Å². The van der Waals surface area contributed by atoms with E-state index in [1.54, 1.807) is 24.3 Å². The van der Waals surface area contributed by atoms with E-state index in [0.717, 1.165) is 11.3 Å². The minimum Gasteiger partial charge on any atom is -0.322 e. The highest BCUT2D eigenvalue weighted by atomic mass is 35.5. The Labute approximate surface area is 115 Å². The number of amides is 1. The monoisotopic (exact) mass is 280 g/mol. The first-order chi connectivity index (χ1) is 8.56. The molecule has 0 unspecified atom stereocenters. The third kappa shape index (κ3) is 3.00. The molecule has 0 saturated heterocycles. The quantitative estimate of drug-likeness (QED) is 0.847. The van der Waals surface area contributed by atoms with E-state index in [2.05, 4.69) is 10.3 Å². The average molecular weight is 281 g/mol. The van der Waals surface area contributed by atoms with Crippen molar-refractivity contribution in [3.63, 3.8) is 0 Å². The Morgan fingerprint density at radius 2 is 2.00 bits per heavy atom. The molecule has 0 saturated carbocycles. The van der Waals surface area contributed by atoms with Crippen molar-refractivity contribution in [2.24, 2.45) is 0 Å². The summed E-state index contributed by atoms with van der Waals surface area (Å²) in [5.74, 6) is -0.232. The molecular weight excluding hydrogens is 271 g/mol. The van der Waals surface area contributed by atoms with E-state index < -0.39 is 0 Å². The molecule has 0 aliphatic heterocycles. The topological polar surface area (TPSA) is 42.0 Å². The van der Waals surface area contributed by atoms with Gasteiger partial charge in [-0.2, -0.15) is 0 Å². The summed E-state index contributed by atoms with van der Waals surface area (Å²) in [6.45, 7) is 1.88. The van der Waals surface area contributed by atoms with Crippen LogP contribution in [0, 0.1) is 6.92 Å². The standard InChI is InChI=1S/C13H10Cl2N2O/c1-8-6-10(14)2-3-11(8)17-13(18)9-4-5-16-12(15)7-9/h2-7H,1H3,(H,17,18). The van der Waals surface area contributed by atoms with Crippen LogP contribution in [-0.2, 0) is 0 Å². The highest BCUT2D eigenvalue weighted by molar-refractivity contribution is 6.31. The summed E-state index contributed by atoms with van der Waals surface area (Å²) in [4.78, 5) is 15.8. The average Bonchev–Trinajstić information content (AvgIpc) is 2.32. The molecule has 92 valence electrons. The lowest BCUT2D eigenvalue weighted by molar-refractivity contribution is 0.102. The van der Waals surface area contributed by atoms with Crippen LogP contribution in [0.5, 0.6) is 0 Å². The number of nitrogens with one attached hydrogen (secondary N) is 1. The van der Waals surface area contributed by atoms with Gasteiger partial charge in [-0.3, -0.25) is 4.79 Å². The van der Waals surface area contributed by atoms with E-state index in [1.165, 1.54) is 12.3 Å². The van der Waals surface area contributed by atoms with Crippen molar-refractivity contribution in [1.82, 2.24) is 4.98 Å². The molecule has 2 aromatic rings. The molecule has 0 aliphatic carbocycles. The van der Waals surface area contributed by atoms with Crippen LogP contribution in [0.1, 0.15) is 15.9 Å². The van der Waals surface area contributed by atoms with Gasteiger partial charge in [0.05, 0.1) is 0 Å². The fourth-order valence-electron chi connectivity index (χ4n) is 1.51. The van der Waals surface area contributed by atoms with E-state index >= 15 is 0 Å². The Morgan fingerprint density at radius 1 is 1.22 bits per heavy atom. The van der Waals surface area contributed by atoms with Gasteiger partial charge < -0.3 is 5.32 Å². The van der Waals surface area contributed by atoms with Crippen LogP contribution in [0.3, 0.4) is 0 Å². The van der Waals surface area contributed by atoms with Crippen molar-refractivity contribution < 1.29 is 4.79 Å². The first-order valence-corrected chi connectivity index (χ1v) is 6.01. The van der Waals surface area contributed by atoms with Gasteiger partial charge in [0, 0.05) is 22.5 Å². The van der Waals surface area contributed by atoms with E-state index in [9.17, 15) is 4.79 Å². The Morgan fingerprint density at radius 3 is 2.67 bits per heavy atom. The molecule has 1 N–H and O–H groups in total. The number of hydrogen-bond donors (Lipinski definition) is 1. The molecule has 0 aliphatic rings. The number of rotatable bonds is 2. The molecule has 0 atom stereocenters. The number of halogens is 2. The second kappa shape index (κ2) is 5.38. The molecule has 18 heavy (non-hydrogen) atoms. The van der Waals surface area contributed by atoms with Crippen molar-refractivity contribution in [3.05, 3.63) is 57.8 Å². The summed E-state index contributed by atoms with van der Waals surface area (Å²) >= 11 is 11.6. The van der Waals surface area contributed by atoms with Crippen LogP contribution in [0.4, 0.5) is 5.69 Å². The van der Waals surface area contributed by atoms with Gasteiger partial charge in [0.25, 0.3) is 5.91 Å². The lowest BCUT2D eigenvalue weighted by Gasteiger charge is -2.08. The summed E-state index contributed by atoms with van der Waals surface area (Å²) in [5, 5.41) is 3.72. The molecule has 1 aromatic carbocycles. The van der Waals surface area contributed by atoms with E-state index in [0.29, 0.717) is 10.6 Å². The highest BCUT2D eigenvalue weighted by Crippen LogP contribution is 2.20. The highest BCUT2D eigenvalue weighted by Gasteiger charge is 2.08. The fraction of sp³-hybridized carbons (Fsp3) is 0.0769. The second-order valence-electron chi connectivity index (χ2n) is 3.78. The molecule has 1 amide bonds. The Bertz CT molecular complexity index is 599. The number of carbonyl (C=O) groups is 1. The van der Waals surface area contributed by atoms with Crippen LogP contribution in [-0.4, -0.2) is 10.9 Å². The lowest BCUT2D eigenvalue weighted by atomic mass is 10.2. The third-order valence-electron chi connectivity index (χ3n) is 2.43.